The summed E-state index contributed by atoms with van der Waals surface area (Å²) in [4.78, 5) is 41.0. The van der Waals surface area contributed by atoms with Gasteiger partial charge in [-0.2, -0.15) is 0 Å². The van der Waals surface area contributed by atoms with Crippen molar-refractivity contribution in [2.24, 2.45) is 29.6 Å². The molecule has 6 heteroatoms. The van der Waals surface area contributed by atoms with E-state index < -0.39 is 17.6 Å². The quantitative estimate of drug-likeness (QED) is 0.313. The Hall–Kier alpha value is -1.43. The number of carbonyl (C=O) groups is 3. The van der Waals surface area contributed by atoms with E-state index in [9.17, 15) is 14.4 Å². The normalized spacial score (nSPS) is 16.8. The van der Waals surface area contributed by atoms with E-state index in [0.717, 1.165) is 12.8 Å². The van der Waals surface area contributed by atoms with Gasteiger partial charge in [-0.3, -0.25) is 14.4 Å². The molecule has 0 radical (unpaired) electrons. The number of likely N-dealkylation sites (N-methyl/N-ethyl adjacent to an activating group) is 1. The van der Waals surface area contributed by atoms with Crippen LogP contribution < -0.4 is 0 Å². The van der Waals surface area contributed by atoms with E-state index in [1.807, 2.05) is 41.5 Å². The van der Waals surface area contributed by atoms with Crippen LogP contribution in [-0.4, -0.2) is 54.5 Å². The molecule has 0 bridgehead atoms. The molecule has 0 unspecified atom stereocenters. The molecule has 194 valence electrons. The molecule has 0 aliphatic heterocycles. The second-order valence-electron chi connectivity index (χ2n) is 11.2. The van der Waals surface area contributed by atoms with Gasteiger partial charge >= 0.3 is 5.97 Å². The van der Waals surface area contributed by atoms with Crippen LogP contribution in [0.2, 0.25) is 0 Å². The topological polar surface area (TPSA) is 72.9 Å². The molecule has 0 heterocycles. The van der Waals surface area contributed by atoms with Crippen LogP contribution in [0, 0.1) is 29.6 Å². The Labute approximate surface area is 203 Å². The highest BCUT2D eigenvalue weighted by atomic mass is 16.6. The fraction of sp³-hybridized carbons (Fsp3) is 0.889. The number of ether oxygens (including phenoxy) is 2. The molecule has 0 aliphatic rings. The molecule has 0 aliphatic carbocycles. The molecular formula is C27H51NO5. The van der Waals surface area contributed by atoms with Crippen LogP contribution in [-0.2, 0) is 23.9 Å². The third-order valence-electron chi connectivity index (χ3n) is 6.69. The molecule has 0 saturated heterocycles. The van der Waals surface area contributed by atoms with Gasteiger partial charge in [0.1, 0.15) is 11.4 Å². The summed E-state index contributed by atoms with van der Waals surface area (Å²) in [5.41, 5.74) is -0.585. The minimum atomic E-state index is -0.585. The number of rotatable bonds is 14. The van der Waals surface area contributed by atoms with Crippen molar-refractivity contribution in [3.05, 3.63) is 0 Å². The predicted octanol–water partition coefficient (Wildman–Crippen LogP) is 5.52. The van der Waals surface area contributed by atoms with Gasteiger partial charge in [0.15, 0.2) is 0 Å². The summed E-state index contributed by atoms with van der Waals surface area (Å²) in [6.45, 7) is 19.8. The van der Waals surface area contributed by atoms with Crippen LogP contribution >= 0.6 is 0 Å². The minimum absolute atomic E-state index is 0.0259. The molecule has 6 nitrogen and oxygen atoms in total. The summed E-state index contributed by atoms with van der Waals surface area (Å²) < 4.78 is 11.2. The highest BCUT2D eigenvalue weighted by molar-refractivity contribution is 5.88. The van der Waals surface area contributed by atoms with Gasteiger partial charge in [-0.25, -0.2) is 0 Å². The summed E-state index contributed by atoms with van der Waals surface area (Å²) in [7, 11) is 3.35. The molecule has 0 aromatic carbocycles. The first-order valence-electron chi connectivity index (χ1n) is 12.6. The van der Waals surface area contributed by atoms with Crippen molar-refractivity contribution in [1.82, 2.24) is 4.90 Å². The zero-order valence-corrected chi connectivity index (χ0v) is 23.4. The Balaban J connectivity index is 5.83. The van der Waals surface area contributed by atoms with Crippen LogP contribution in [0.1, 0.15) is 94.9 Å². The third kappa shape index (κ3) is 10.2. The van der Waals surface area contributed by atoms with E-state index in [-0.39, 0.29) is 60.2 Å². The fourth-order valence-electron chi connectivity index (χ4n) is 4.59. The zero-order chi connectivity index (χ0) is 26.1. The minimum Gasteiger partial charge on any atom is -0.460 e. The highest BCUT2D eigenvalue weighted by Gasteiger charge is 2.38. The van der Waals surface area contributed by atoms with E-state index in [1.165, 1.54) is 0 Å². The van der Waals surface area contributed by atoms with Crippen molar-refractivity contribution in [3.8, 4) is 0 Å². The van der Waals surface area contributed by atoms with Gasteiger partial charge in [0.05, 0.1) is 18.6 Å². The second-order valence-corrected chi connectivity index (χ2v) is 11.2. The lowest BCUT2D eigenvalue weighted by atomic mass is 9.80. The molecule has 0 saturated carbocycles. The highest BCUT2D eigenvalue weighted by Crippen LogP contribution is 2.29. The maximum absolute atomic E-state index is 13.7. The first kappa shape index (κ1) is 31.6. The van der Waals surface area contributed by atoms with Crippen LogP contribution in [0.15, 0.2) is 0 Å². The molecule has 0 spiro atoms. The number of Topliss-reactive ketones (excluding diaryl/α,β-unsaturated/α-hetero) is 1. The maximum Gasteiger partial charge on any atom is 0.309 e. The van der Waals surface area contributed by atoms with Crippen LogP contribution in [0.25, 0.3) is 0 Å². The van der Waals surface area contributed by atoms with Crippen LogP contribution in [0.5, 0.6) is 0 Å². The van der Waals surface area contributed by atoms with Crippen LogP contribution in [0.4, 0.5) is 0 Å². The van der Waals surface area contributed by atoms with Gasteiger partial charge in [0, 0.05) is 32.4 Å². The number of carbonyl (C=O) groups excluding carboxylic acids is 3. The Morgan fingerprint density at radius 1 is 0.848 bits per heavy atom. The third-order valence-corrected chi connectivity index (χ3v) is 6.69. The lowest BCUT2D eigenvalue weighted by Crippen LogP contribution is -2.52. The van der Waals surface area contributed by atoms with E-state index in [0.29, 0.717) is 0 Å². The number of amides is 1. The van der Waals surface area contributed by atoms with Gasteiger partial charge in [-0.1, -0.05) is 54.9 Å². The van der Waals surface area contributed by atoms with Gasteiger partial charge in [-0.05, 0) is 44.9 Å². The van der Waals surface area contributed by atoms with Crippen molar-refractivity contribution in [1.29, 1.82) is 0 Å². The molecule has 0 aromatic heterocycles. The van der Waals surface area contributed by atoms with Gasteiger partial charge < -0.3 is 14.4 Å². The SMILES string of the molecule is CC[C@H](C(=O)C[C@H](C(=O)N(C)[C@@H]([C@@H](C)CC)[C@@H](CC(=O)OC(C)(C)C)OC)C(C)C)C(C)C. The van der Waals surface area contributed by atoms with Crippen molar-refractivity contribution in [2.75, 3.05) is 14.2 Å². The average Bonchev–Trinajstić information content (AvgIpc) is 2.68. The molecular weight excluding hydrogens is 418 g/mol. The zero-order valence-electron chi connectivity index (χ0n) is 23.4. The maximum atomic E-state index is 13.7. The number of ketones is 1. The number of hydrogen-bond acceptors (Lipinski definition) is 5. The lowest BCUT2D eigenvalue weighted by Gasteiger charge is -2.40. The summed E-state index contributed by atoms with van der Waals surface area (Å²) in [5, 5.41) is 0. The molecule has 5 atom stereocenters. The Morgan fingerprint density at radius 3 is 1.73 bits per heavy atom. The largest absolute Gasteiger partial charge is 0.460 e. The van der Waals surface area contributed by atoms with Gasteiger partial charge in [0.25, 0.3) is 0 Å². The van der Waals surface area contributed by atoms with E-state index in [1.54, 1.807) is 19.1 Å². The Morgan fingerprint density at radius 2 is 1.36 bits per heavy atom. The van der Waals surface area contributed by atoms with Crippen molar-refractivity contribution in [3.63, 3.8) is 0 Å². The smallest absolute Gasteiger partial charge is 0.309 e. The first-order valence-corrected chi connectivity index (χ1v) is 12.6. The number of methoxy groups -OCH3 is 1. The van der Waals surface area contributed by atoms with Crippen LogP contribution in [0.3, 0.4) is 0 Å². The average molecular weight is 470 g/mol. The lowest BCUT2D eigenvalue weighted by molar-refractivity contribution is -0.161. The molecule has 0 N–H and O–H groups in total. The van der Waals surface area contributed by atoms with Gasteiger partial charge in [0.2, 0.25) is 5.91 Å². The van der Waals surface area contributed by atoms with Gasteiger partial charge in [-0.15, -0.1) is 0 Å². The number of nitrogens with zero attached hydrogens (tertiary/aromatic N) is 1. The number of esters is 1. The monoisotopic (exact) mass is 469 g/mol. The first-order chi connectivity index (χ1) is 15.1. The Bertz CT molecular complexity index is 622. The van der Waals surface area contributed by atoms with E-state index in [2.05, 4.69) is 27.7 Å². The van der Waals surface area contributed by atoms with E-state index >= 15 is 0 Å². The van der Waals surface area contributed by atoms with E-state index in [4.69, 9.17) is 9.47 Å². The molecule has 1 amide bonds. The Kier molecular flexibility index (Phi) is 13.5. The van der Waals surface area contributed by atoms with Crippen molar-refractivity contribution < 1.29 is 23.9 Å². The van der Waals surface area contributed by atoms with Crippen molar-refractivity contribution in [2.45, 2.75) is 113 Å². The predicted molar refractivity (Wildman–Crippen MR) is 134 cm³/mol. The molecule has 0 rings (SSSR count). The molecule has 0 aromatic rings. The summed E-state index contributed by atoms with van der Waals surface area (Å²) in [6.07, 6.45) is 1.42. The summed E-state index contributed by atoms with van der Waals surface area (Å²) in [5.74, 6) is -0.301. The summed E-state index contributed by atoms with van der Waals surface area (Å²) >= 11 is 0. The molecule has 33 heavy (non-hydrogen) atoms. The summed E-state index contributed by atoms with van der Waals surface area (Å²) in [6, 6.07) is -0.302. The number of hydrogen-bond donors (Lipinski definition) is 0. The molecule has 0 fully saturated rings. The van der Waals surface area contributed by atoms with Crippen molar-refractivity contribution >= 4 is 17.7 Å². The standard InChI is InChI=1S/C27H51NO5/c1-13-19(7)25(23(32-12)16-24(30)33-27(8,9)10)28(11)26(31)21(18(5)6)15-22(29)20(14-2)17(3)4/h17-21,23,25H,13-16H2,1-12H3/t19-,20-,21-,23+,25-/m0/s1. The fourth-order valence-corrected chi connectivity index (χ4v) is 4.59. The second kappa shape index (κ2) is 14.1.